The van der Waals surface area contributed by atoms with Crippen LogP contribution in [0.25, 0.3) is 0 Å². The molecule has 4 nitrogen and oxygen atoms in total. The van der Waals surface area contributed by atoms with Gasteiger partial charge in [0.1, 0.15) is 0 Å². The van der Waals surface area contributed by atoms with Gasteiger partial charge in [0.2, 0.25) is 5.91 Å². The van der Waals surface area contributed by atoms with Crippen molar-refractivity contribution in [2.24, 2.45) is 0 Å². The first-order chi connectivity index (χ1) is 8.46. The summed E-state index contributed by atoms with van der Waals surface area (Å²) in [6, 6.07) is 7.49. The molecule has 1 aromatic rings. The highest BCUT2D eigenvalue weighted by Gasteiger charge is 2.28. The largest absolute Gasteiger partial charge is 0.352 e. The molecular weight excluding hydrogens is 250 g/mol. The molecule has 18 heavy (non-hydrogen) atoms. The molecule has 1 saturated heterocycles. The van der Waals surface area contributed by atoms with Crippen LogP contribution in [0.5, 0.6) is 0 Å². The van der Waals surface area contributed by atoms with E-state index in [1.165, 1.54) is 0 Å². The van der Waals surface area contributed by atoms with Crippen LogP contribution in [0, 0.1) is 6.92 Å². The third-order valence-electron chi connectivity index (χ3n) is 3.21. The molecule has 0 radical (unpaired) electrons. The minimum absolute atomic E-state index is 0.0759. The van der Waals surface area contributed by atoms with E-state index in [-0.39, 0.29) is 23.5 Å². The fraction of sp³-hybridized carbons (Fsp3) is 0.462. The number of carbonyl (C=O) groups excluding carboxylic acids is 1. The summed E-state index contributed by atoms with van der Waals surface area (Å²) in [6.07, 6.45) is 0.838. The minimum Gasteiger partial charge on any atom is -0.352 e. The fourth-order valence-corrected chi connectivity index (χ4v) is 3.84. The molecule has 1 fully saturated rings. The summed E-state index contributed by atoms with van der Waals surface area (Å²) in [5, 5.41) is 2.79. The number of hydrogen-bond donors (Lipinski definition) is 1. The topological polar surface area (TPSA) is 63.2 Å². The number of rotatable bonds is 3. The maximum absolute atomic E-state index is 11.8. The Hall–Kier alpha value is -1.36. The molecular formula is C13H17NO3S. The molecule has 1 atom stereocenters. The minimum atomic E-state index is -2.94. The first-order valence-corrected chi connectivity index (χ1v) is 7.83. The van der Waals surface area contributed by atoms with Crippen LogP contribution in [-0.2, 0) is 21.1 Å². The first-order valence-electron chi connectivity index (χ1n) is 6.00. The summed E-state index contributed by atoms with van der Waals surface area (Å²) in [4.78, 5) is 11.8. The zero-order valence-electron chi connectivity index (χ0n) is 10.3. The van der Waals surface area contributed by atoms with Crippen molar-refractivity contribution >= 4 is 15.7 Å². The second kappa shape index (κ2) is 5.10. The number of amides is 1. The number of nitrogens with one attached hydrogen (secondary N) is 1. The van der Waals surface area contributed by atoms with Crippen molar-refractivity contribution in [1.29, 1.82) is 0 Å². The number of aryl methyl sites for hydroxylation is 1. The molecule has 1 aliphatic heterocycles. The maximum atomic E-state index is 11.8. The van der Waals surface area contributed by atoms with Crippen LogP contribution in [0.15, 0.2) is 24.3 Å². The van der Waals surface area contributed by atoms with Crippen molar-refractivity contribution in [2.45, 2.75) is 25.8 Å². The van der Waals surface area contributed by atoms with Crippen LogP contribution in [0.3, 0.4) is 0 Å². The van der Waals surface area contributed by atoms with Gasteiger partial charge in [0.05, 0.1) is 17.9 Å². The smallest absolute Gasteiger partial charge is 0.224 e. The summed E-state index contributed by atoms with van der Waals surface area (Å²) in [6.45, 7) is 1.96. The van der Waals surface area contributed by atoms with E-state index in [1.54, 1.807) is 0 Å². The van der Waals surface area contributed by atoms with Crippen molar-refractivity contribution in [3.8, 4) is 0 Å². The van der Waals surface area contributed by atoms with Gasteiger partial charge in [-0.1, -0.05) is 24.3 Å². The molecule has 1 heterocycles. The van der Waals surface area contributed by atoms with Crippen molar-refractivity contribution < 1.29 is 13.2 Å². The van der Waals surface area contributed by atoms with Crippen LogP contribution in [-0.4, -0.2) is 31.9 Å². The van der Waals surface area contributed by atoms with E-state index in [0.29, 0.717) is 12.8 Å². The standard InChI is InChI=1S/C13H17NO3S/c1-10-4-2-3-5-11(10)8-13(15)14-12-6-7-18(16,17)9-12/h2-5,12H,6-9H2,1H3,(H,14,15)/t12-/m0/s1. The molecule has 0 saturated carbocycles. The van der Waals surface area contributed by atoms with Crippen LogP contribution in [0.2, 0.25) is 0 Å². The lowest BCUT2D eigenvalue weighted by Gasteiger charge is -2.11. The van der Waals surface area contributed by atoms with Gasteiger partial charge in [0.15, 0.2) is 9.84 Å². The van der Waals surface area contributed by atoms with Crippen LogP contribution in [0.4, 0.5) is 0 Å². The second-order valence-electron chi connectivity index (χ2n) is 4.77. The molecule has 0 aromatic heterocycles. The lowest BCUT2D eigenvalue weighted by molar-refractivity contribution is -0.121. The molecule has 1 aromatic carbocycles. The molecule has 1 amide bonds. The fourth-order valence-electron chi connectivity index (χ4n) is 2.17. The van der Waals surface area contributed by atoms with E-state index < -0.39 is 9.84 Å². The number of hydrogen-bond acceptors (Lipinski definition) is 3. The van der Waals surface area contributed by atoms with Gasteiger partial charge in [-0.3, -0.25) is 4.79 Å². The molecule has 1 N–H and O–H groups in total. The molecule has 2 rings (SSSR count). The van der Waals surface area contributed by atoms with Crippen molar-refractivity contribution in [1.82, 2.24) is 5.32 Å². The lowest BCUT2D eigenvalue weighted by Crippen LogP contribution is -2.36. The highest BCUT2D eigenvalue weighted by atomic mass is 32.2. The van der Waals surface area contributed by atoms with E-state index in [1.807, 2.05) is 31.2 Å². The summed E-state index contributed by atoms with van der Waals surface area (Å²) in [5.74, 6) is 0.154. The lowest BCUT2D eigenvalue weighted by atomic mass is 10.1. The Kier molecular flexibility index (Phi) is 3.71. The quantitative estimate of drug-likeness (QED) is 0.882. The Morgan fingerprint density at radius 1 is 1.39 bits per heavy atom. The Labute approximate surface area is 107 Å². The summed E-state index contributed by atoms with van der Waals surface area (Å²) in [5.41, 5.74) is 2.06. The summed E-state index contributed by atoms with van der Waals surface area (Å²) >= 11 is 0. The number of carbonyl (C=O) groups is 1. The van der Waals surface area contributed by atoms with Gasteiger partial charge in [-0.05, 0) is 24.5 Å². The molecule has 0 bridgehead atoms. The van der Waals surface area contributed by atoms with Gasteiger partial charge in [-0.15, -0.1) is 0 Å². The van der Waals surface area contributed by atoms with E-state index in [4.69, 9.17) is 0 Å². The van der Waals surface area contributed by atoms with Crippen LogP contribution >= 0.6 is 0 Å². The molecule has 0 aliphatic carbocycles. The Balaban J connectivity index is 1.92. The first kappa shape index (κ1) is 13.1. The van der Waals surface area contributed by atoms with Gasteiger partial charge in [-0.25, -0.2) is 8.42 Å². The van der Waals surface area contributed by atoms with Crippen molar-refractivity contribution in [3.63, 3.8) is 0 Å². The SMILES string of the molecule is Cc1ccccc1CC(=O)N[C@H]1CCS(=O)(=O)C1. The van der Waals surface area contributed by atoms with E-state index in [2.05, 4.69) is 5.32 Å². The normalized spacial score (nSPS) is 21.7. The van der Waals surface area contributed by atoms with Gasteiger partial charge < -0.3 is 5.32 Å². The average molecular weight is 267 g/mol. The molecule has 98 valence electrons. The highest BCUT2D eigenvalue weighted by Crippen LogP contribution is 2.12. The third-order valence-corrected chi connectivity index (χ3v) is 4.98. The molecule has 0 unspecified atom stereocenters. The zero-order valence-corrected chi connectivity index (χ0v) is 11.2. The van der Waals surface area contributed by atoms with Crippen LogP contribution in [0.1, 0.15) is 17.5 Å². The Morgan fingerprint density at radius 2 is 2.11 bits per heavy atom. The third kappa shape index (κ3) is 3.32. The summed E-state index contributed by atoms with van der Waals surface area (Å²) < 4.78 is 22.6. The highest BCUT2D eigenvalue weighted by molar-refractivity contribution is 7.91. The Morgan fingerprint density at radius 3 is 2.72 bits per heavy atom. The monoisotopic (exact) mass is 267 g/mol. The summed E-state index contributed by atoms with van der Waals surface area (Å²) in [7, 11) is -2.94. The van der Waals surface area contributed by atoms with Crippen molar-refractivity contribution in [3.05, 3.63) is 35.4 Å². The van der Waals surface area contributed by atoms with Crippen molar-refractivity contribution in [2.75, 3.05) is 11.5 Å². The molecule has 1 aliphatic rings. The van der Waals surface area contributed by atoms with Gasteiger partial charge in [-0.2, -0.15) is 0 Å². The second-order valence-corrected chi connectivity index (χ2v) is 7.00. The van der Waals surface area contributed by atoms with Gasteiger partial charge in [0.25, 0.3) is 0 Å². The number of benzene rings is 1. The van der Waals surface area contributed by atoms with E-state index >= 15 is 0 Å². The average Bonchev–Trinajstić information content (AvgIpc) is 2.61. The predicted molar refractivity (Wildman–Crippen MR) is 70.1 cm³/mol. The zero-order chi connectivity index (χ0) is 13.2. The maximum Gasteiger partial charge on any atom is 0.224 e. The van der Waals surface area contributed by atoms with Gasteiger partial charge in [0, 0.05) is 6.04 Å². The number of sulfone groups is 1. The van der Waals surface area contributed by atoms with Crippen LogP contribution < -0.4 is 5.32 Å². The van der Waals surface area contributed by atoms with E-state index in [0.717, 1.165) is 11.1 Å². The molecule has 0 spiro atoms. The molecule has 5 heteroatoms. The van der Waals surface area contributed by atoms with E-state index in [9.17, 15) is 13.2 Å². The predicted octanol–water partition coefficient (Wildman–Crippen LogP) is 0.841. The van der Waals surface area contributed by atoms with Gasteiger partial charge >= 0.3 is 0 Å². The Bertz CT molecular complexity index is 551.